The van der Waals surface area contributed by atoms with Crippen LogP contribution in [-0.2, 0) is 12.7 Å². The highest BCUT2D eigenvalue weighted by molar-refractivity contribution is 5.33. The largest absolute Gasteiger partial charge is 0.416 e. The van der Waals surface area contributed by atoms with Crippen LogP contribution in [0.15, 0.2) is 28.8 Å². The van der Waals surface area contributed by atoms with Gasteiger partial charge in [0.15, 0.2) is 5.82 Å². The van der Waals surface area contributed by atoms with E-state index in [1.807, 2.05) is 0 Å². The van der Waals surface area contributed by atoms with Crippen molar-refractivity contribution in [1.82, 2.24) is 15.0 Å². The van der Waals surface area contributed by atoms with Crippen molar-refractivity contribution in [3.63, 3.8) is 0 Å². The van der Waals surface area contributed by atoms with Crippen molar-refractivity contribution in [1.29, 1.82) is 0 Å². The molecule has 2 aliphatic rings. The average Bonchev–Trinajstić information content (AvgIpc) is 3.20. The summed E-state index contributed by atoms with van der Waals surface area (Å²) in [5, 5.41) is 14.0. The lowest BCUT2D eigenvalue weighted by molar-refractivity contribution is -0.138. The Hall–Kier alpha value is -1.93. The van der Waals surface area contributed by atoms with Crippen LogP contribution in [0.1, 0.15) is 54.1 Å². The number of rotatable bonds is 4. The van der Waals surface area contributed by atoms with E-state index in [9.17, 15) is 18.3 Å². The van der Waals surface area contributed by atoms with Crippen molar-refractivity contribution < 1.29 is 22.8 Å². The lowest BCUT2D eigenvalue weighted by Gasteiger charge is -2.25. The highest BCUT2D eigenvalue weighted by Crippen LogP contribution is 2.41. The number of aromatic nitrogens is 2. The second-order valence-electron chi connectivity index (χ2n) is 6.74. The molecule has 1 N–H and O–H groups in total. The maximum absolute atomic E-state index is 13.3. The van der Waals surface area contributed by atoms with Gasteiger partial charge in [-0.3, -0.25) is 4.90 Å². The van der Waals surface area contributed by atoms with E-state index in [0.29, 0.717) is 17.6 Å². The molecule has 0 bridgehead atoms. The van der Waals surface area contributed by atoms with Gasteiger partial charge in [0.25, 0.3) is 0 Å². The minimum Gasteiger partial charge on any atom is -0.392 e. The Morgan fingerprint density at radius 1 is 1.24 bits per heavy atom. The number of aliphatic hydroxyl groups excluding tert-OH is 1. The molecule has 0 radical (unpaired) electrons. The van der Waals surface area contributed by atoms with Crippen molar-refractivity contribution in [2.45, 2.75) is 50.0 Å². The summed E-state index contributed by atoms with van der Waals surface area (Å²) < 4.78 is 45.2. The fraction of sp³-hybridized carbons (Fsp3) is 0.529. The molecule has 1 aromatic carbocycles. The van der Waals surface area contributed by atoms with Gasteiger partial charge in [-0.1, -0.05) is 23.4 Å². The Balaban J connectivity index is 1.59. The average molecular weight is 353 g/mol. The summed E-state index contributed by atoms with van der Waals surface area (Å²) in [7, 11) is 0. The number of aliphatic hydroxyl groups is 1. The van der Waals surface area contributed by atoms with E-state index < -0.39 is 23.9 Å². The monoisotopic (exact) mass is 353 g/mol. The van der Waals surface area contributed by atoms with Crippen LogP contribution in [0.5, 0.6) is 0 Å². The first-order chi connectivity index (χ1) is 11.9. The predicted octanol–water partition coefficient (Wildman–Crippen LogP) is 3.27. The van der Waals surface area contributed by atoms with E-state index >= 15 is 0 Å². The molecule has 2 aromatic rings. The lowest BCUT2D eigenvalue weighted by Crippen LogP contribution is -2.26. The van der Waals surface area contributed by atoms with Crippen LogP contribution in [0, 0.1) is 0 Å². The van der Waals surface area contributed by atoms with E-state index in [0.717, 1.165) is 18.9 Å². The van der Waals surface area contributed by atoms with E-state index in [1.165, 1.54) is 12.1 Å². The van der Waals surface area contributed by atoms with E-state index in [1.54, 1.807) is 11.0 Å². The zero-order valence-corrected chi connectivity index (χ0v) is 13.4. The fourth-order valence-electron chi connectivity index (χ4n) is 3.44. The Bertz CT molecular complexity index is 758. The zero-order chi connectivity index (χ0) is 17.6. The van der Waals surface area contributed by atoms with Gasteiger partial charge in [0.2, 0.25) is 5.89 Å². The van der Waals surface area contributed by atoms with Crippen LogP contribution < -0.4 is 0 Å². The number of alkyl halides is 3. The molecule has 2 atom stereocenters. The fourth-order valence-corrected chi connectivity index (χ4v) is 3.44. The predicted molar refractivity (Wildman–Crippen MR) is 81.5 cm³/mol. The van der Waals surface area contributed by atoms with Crippen molar-refractivity contribution in [2.75, 3.05) is 6.54 Å². The first-order valence-corrected chi connectivity index (χ1v) is 8.32. The number of β-amino-alcohol motifs (C(OH)–C–C–N with tert-alkyl or cyclic N) is 1. The molecule has 0 unspecified atom stereocenters. The third-order valence-electron chi connectivity index (χ3n) is 4.77. The van der Waals surface area contributed by atoms with Gasteiger partial charge >= 0.3 is 6.18 Å². The molecule has 8 heteroatoms. The number of benzene rings is 1. The Labute approximate surface area is 142 Å². The molecule has 134 valence electrons. The van der Waals surface area contributed by atoms with Crippen molar-refractivity contribution in [2.24, 2.45) is 0 Å². The highest BCUT2D eigenvalue weighted by atomic mass is 19.4. The Kier molecular flexibility index (Phi) is 4.04. The maximum atomic E-state index is 13.3. The quantitative estimate of drug-likeness (QED) is 0.914. The van der Waals surface area contributed by atoms with Gasteiger partial charge in [0.1, 0.15) is 0 Å². The number of nitrogens with zero attached hydrogens (tertiary/aromatic N) is 3. The number of hydrogen-bond acceptors (Lipinski definition) is 5. The minimum atomic E-state index is -4.43. The first kappa shape index (κ1) is 16.5. The molecule has 0 amide bonds. The van der Waals surface area contributed by atoms with Crippen molar-refractivity contribution in [3.8, 4) is 0 Å². The van der Waals surface area contributed by atoms with Crippen LogP contribution in [0.2, 0.25) is 0 Å². The number of halogens is 3. The van der Waals surface area contributed by atoms with Crippen LogP contribution >= 0.6 is 0 Å². The summed E-state index contributed by atoms with van der Waals surface area (Å²) in [6.07, 6.45) is -2.78. The number of hydrogen-bond donors (Lipinski definition) is 1. The smallest absolute Gasteiger partial charge is 0.392 e. The van der Waals surface area contributed by atoms with Gasteiger partial charge in [-0.25, -0.2) is 0 Å². The van der Waals surface area contributed by atoms with Gasteiger partial charge in [0, 0.05) is 18.5 Å². The maximum Gasteiger partial charge on any atom is 0.416 e. The molecule has 2 fully saturated rings. The molecule has 1 saturated carbocycles. The van der Waals surface area contributed by atoms with Crippen molar-refractivity contribution >= 4 is 0 Å². The van der Waals surface area contributed by atoms with Gasteiger partial charge < -0.3 is 9.63 Å². The van der Waals surface area contributed by atoms with E-state index in [-0.39, 0.29) is 25.1 Å². The summed E-state index contributed by atoms with van der Waals surface area (Å²) in [5.41, 5.74) is -0.489. The third kappa shape index (κ3) is 3.41. The molecule has 25 heavy (non-hydrogen) atoms. The van der Waals surface area contributed by atoms with Gasteiger partial charge in [-0.05, 0) is 30.9 Å². The van der Waals surface area contributed by atoms with Gasteiger partial charge in [-0.15, -0.1) is 0 Å². The molecule has 1 aliphatic heterocycles. The summed E-state index contributed by atoms with van der Waals surface area (Å²) in [6.45, 7) is 0.506. The molecule has 2 heterocycles. The summed E-state index contributed by atoms with van der Waals surface area (Å²) >= 11 is 0. The zero-order valence-electron chi connectivity index (χ0n) is 13.4. The molecule has 0 spiro atoms. The van der Waals surface area contributed by atoms with E-state index in [4.69, 9.17) is 4.52 Å². The Morgan fingerprint density at radius 2 is 2.00 bits per heavy atom. The van der Waals surface area contributed by atoms with Crippen LogP contribution in [0.25, 0.3) is 0 Å². The summed E-state index contributed by atoms with van der Waals surface area (Å²) in [6, 6.07) is 4.98. The van der Waals surface area contributed by atoms with Crippen molar-refractivity contribution in [3.05, 3.63) is 47.1 Å². The topological polar surface area (TPSA) is 62.4 Å². The van der Waals surface area contributed by atoms with E-state index in [2.05, 4.69) is 10.1 Å². The SMILES string of the molecule is O[C@H]1C[C@@H](c2ccccc2C(F)(F)F)N(Cc2nc(C3CC3)no2)C1. The van der Waals surface area contributed by atoms with Gasteiger partial charge in [-0.2, -0.15) is 18.2 Å². The molecule has 1 saturated heterocycles. The molecule has 4 rings (SSSR count). The molecule has 1 aromatic heterocycles. The summed E-state index contributed by atoms with van der Waals surface area (Å²) in [4.78, 5) is 6.11. The van der Waals surface area contributed by atoms with Crippen LogP contribution in [-0.4, -0.2) is 32.8 Å². The molecular formula is C17H18F3N3O2. The molecule has 1 aliphatic carbocycles. The lowest BCUT2D eigenvalue weighted by atomic mass is 9.97. The standard InChI is InChI=1S/C17H18F3N3O2/c18-17(19,20)13-4-2-1-3-12(13)14-7-11(24)8-23(14)9-15-21-16(22-25-15)10-5-6-10/h1-4,10-11,14,24H,5-9H2/t11-,14-/m0/s1. The number of likely N-dealkylation sites (tertiary alicyclic amines) is 1. The second-order valence-corrected chi connectivity index (χ2v) is 6.74. The Morgan fingerprint density at radius 3 is 2.72 bits per heavy atom. The van der Waals surface area contributed by atoms with Crippen LogP contribution in [0.4, 0.5) is 13.2 Å². The molecule has 5 nitrogen and oxygen atoms in total. The van der Waals surface area contributed by atoms with Gasteiger partial charge in [0.05, 0.1) is 18.2 Å². The first-order valence-electron chi connectivity index (χ1n) is 8.32. The normalized spacial score (nSPS) is 24.8. The minimum absolute atomic E-state index is 0.175. The highest BCUT2D eigenvalue weighted by Gasteiger charge is 2.40. The summed E-state index contributed by atoms with van der Waals surface area (Å²) in [5.74, 6) is 1.40. The third-order valence-corrected chi connectivity index (χ3v) is 4.77. The van der Waals surface area contributed by atoms with Crippen LogP contribution in [0.3, 0.4) is 0 Å². The second kappa shape index (κ2) is 6.10. The molecular weight excluding hydrogens is 335 g/mol.